The van der Waals surface area contributed by atoms with Crippen LogP contribution in [0.5, 0.6) is 0 Å². The summed E-state index contributed by atoms with van der Waals surface area (Å²) < 4.78 is 9.37. The average molecular weight is 887 g/mol. The van der Waals surface area contributed by atoms with Crippen LogP contribution in [0.2, 0.25) is 0 Å². The Kier molecular flexibility index (Phi) is 18.4. The molecule has 0 saturated carbocycles. The molecule has 91 valence electrons. The van der Waals surface area contributed by atoms with Crippen molar-refractivity contribution in [3.63, 3.8) is 0 Å². The minimum atomic E-state index is -1.46. The van der Waals surface area contributed by atoms with Gasteiger partial charge in [-0.2, -0.15) is 0 Å². The summed E-state index contributed by atoms with van der Waals surface area (Å²) in [6.07, 6.45) is -6.03. The Labute approximate surface area is 207 Å². The number of methoxy groups -OCH3 is 1. The molecule has 0 aromatic heterocycles. The monoisotopic (exact) mass is 887 g/mol. The fraction of sp³-hybridized carbons (Fsp3) is 0.875. The van der Waals surface area contributed by atoms with E-state index in [1.807, 2.05) is 0 Å². The van der Waals surface area contributed by atoms with Gasteiger partial charge >= 0.3 is 5.97 Å². The van der Waals surface area contributed by atoms with E-state index in [-0.39, 0.29) is 132 Å². The first kappa shape index (κ1) is 25.6. The second-order valence-electron chi connectivity index (χ2n) is 3.26. The van der Waals surface area contributed by atoms with Gasteiger partial charge in [0.05, 0.1) is 13.2 Å². The van der Waals surface area contributed by atoms with Gasteiger partial charge in [-0.1, -0.05) is 0 Å². The molecule has 6 nitrogen and oxygen atoms in total. The minimum absolute atomic E-state index is 0. The molecule has 0 aliphatic carbocycles. The Bertz CT molecular complexity index is 229. The van der Waals surface area contributed by atoms with E-state index in [9.17, 15) is 20.1 Å². The van der Waals surface area contributed by atoms with Crippen LogP contribution >= 0.6 is 0 Å². The third-order valence-electron chi connectivity index (χ3n) is 2.29. The largest absolute Gasteiger partial charge is 0.467 e. The van der Waals surface area contributed by atoms with E-state index in [1.165, 1.54) is 6.92 Å². The predicted molar refractivity (Wildman–Crippen MR) is 44.4 cm³/mol. The molecule has 1 heterocycles. The van der Waals surface area contributed by atoms with Crippen molar-refractivity contribution in [3.05, 3.63) is 0 Å². The summed E-state index contributed by atoms with van der Waals surface area (Å²) in [6, 6.07) is 0. The molecule has 1 saturated heterocycles. The number of hydrogen-bond acceptors (Lipinski definition) is 6. The van der Waals surface area contributed by atoms with Crippen LogP contribution in [0.25, 0.3) is 0 Å². The van der Waals surface area contributed by atoms with Crippen LogP contribution in [0.4, 0.5) is 0 Å². The van der Waals surface area contributed by atoms with Crippen molar-refractivity contribution >= 4 is 5.97 Å². The third kappa shape index (κ3) is 6.95. The molecule has 3 unspecified atom stereocenters. The maximum Gasteiger partial charge on any atom is 0.337 e. The molecular formula is C8H14Ac3O6. The zero-order valence-corrected chi connectivity index (χ0v) is 23.9. The quantitative estimate of drug-likeness (QED) is 0.265. The molecule has 1 fully saturated rings. The van der Waals surface area contributed by atoms with E-state index >= 15 is 0 Å². The van der Waals surface area contributed by atoms with Crippen molar-refractivity contribution < 1.29 is 162 Å². The first-order valence-corrected chi connectivity index (χ1v) is 4.26. The standard InChI is InChI=1S/C8H14O6.3Ac/c1-3-4(9)5(10)6(11)7(14-3)8(12)13-2;;;/h3-7,9-11H,1-2H3;;;/t3-,4?,5?,6?,7-;;;/m0.../s1. The molecule has 0 amide bonds. The van der Waals surface area contributed by atoms with Gasteiger partial charge in [0.2, 0.25) is 0 Å². The SMILES string of the molecule is COC(=O)[C@H]1O[C@@H](C)C(O)C(O)C1O.[Ac].[Ac].[Ac]. The van der Waals surface area contributed by atoms with Gasteiger partial charge in [-0.3, -0.25) is 0 Å². The van der Waals surface area contributed by atoms with Crippen molar-refractivity contribution in [3.8, 4) is 0 Å². The van der Waals surface area contributed by atoms with Crippen LogP contribution in [-0.4, -0.2) is 58.9 Å². The summed E-state index contributed by atoms with van der Waals surface area (Å²) in [5.74, 6) is -0.768. The van der Waals surface area contributed by atoms with Gasteiger partial charge in [0.15, 0.2) is 6.10 Å². The number of aliphatic hydroxyl groups excluding tert-OH is 3. The Hall–Kier alpha value is 3.63. The number of ether oxygens (including phenoxy) is 2. The van der Waals surface area contributed by atoms with Gasteiger partial charge in [-0.15, -0.1) is 0 Å². The summed E-state index contributed by atoms with van der Waals surface area (Å²) in [5.41, 5.74) is 0. The molecule has 9 heteroatoms. The normalized spacial score (nSPS) is 35.7. The fourth-order valence-electron chi connectivity index (χ4n) is 1.36. The second-order valence-corrected chi connectivity index (χ2v) is 3.26. The summed E-state index contributed by atoms with van der Waals surface area (Å²) >= 11 is 0. The second kappa shape index (κ2) is 12.2. The van der Waals surface area contributed by atoms with Crippen LogP contribution in [-0.2, 0) is 14.3 Å². The maximum atomic E-state index is 11.1. The van der Waals surface area contributed by atoms with Gasteiger partial charge < -0.3 is 24.8 Å². The topological polar surface area (TPSA) is 96.2 Å². The van der Waals surface area contributed by atoms with Gasteiger partial charge in [-0.05, 0) is 6.92 Å². The molecule has 3 N–H and O–H groups in total. The van der Waals surface area contributed by atoms with Crippen LogP contribution in [0.1, 0.15) is 6.92 Å². The molecule has 3 radical (unpaired) electrons. The molecular weight excluding hydrogens is 873 g/mol. The van der Waals surface area contributed by atoms with Crippen LogP contribution in [0, 0.1) is 132 Å². The predicted octanol–water partition coefficient (Wildman–Crippen LogP) is -1.97. The smallest absolute Gasteiger partial charge is 0.337 e. The van der Waals surface area contributed by atoms with Crippen molar-refractivity contribution in [2.24, 2.45) is 0 Å². The average Bonchev–Trinajstić information content (AvgIpc) is 2.19. The summed E-state index contributed by atoms with van der Waals surface area (Å²) in [6.45, 7) is 1.50. The molecule has 1 rings (SSSR count). The van der Waals surface area contributed by atoms with Crippen molar-refractivity contribution in [2.45, 2.75) is 37.4 Å². The van der Waals surface area contributed by atoms with Gasteiger partial charge in [-0.25, -0.2) is 4.79 Å². The van der Waals surface area contributed by atoms with E-state index < -0.39 is 36.5 Å². The summed E-state index contributed by atoms with van der Waals surface area (Å²) in [4.78, 5) is 11.1. The Morgan fingerprint density at radius 2 is 1.53 bits per heavy atom. The number of carbonyl (C=O) groups excluding carboxylic acids is 1. The molecule has 5 atom stereocenters. The molecule has 1 aliphatic rings. The zero-order chi connectivity index (χ0) is 10.9. The summed E-state index contributed by atoms with van der Waals surface area (Å²) in [5, 5.41) is 28.0. The van der Waals surface area contributed by atoms with E-state index in [0.717, 1.165) is 7.11 Å². The Morgan fingerprint density at radius 1 is 1.06 bits per heavy atom. The number of rotatable bonds is 1. The Morgan fingerprint density at radius 3 is 1.94 bits per heavy atom. The summed E-state index contributed by atoms with van der Waals surface area (Å²) in [7, 11) is 1.15. The third-order valence-corrected chi connectivity index (χ3v) is 2.29. The van der Waals surface area contributed by atoms with Crippen molar-refractivity contribution in [2.75, 3.05) is 7.11 Å². The van der Waals surface area contributed by atoms with E-state index in [1.54, 1.807) is 0 Å². The van der Waals surface area contributed by atoms with Crippen molar-refractivity contribution in [1.29, 1.82) is 0 Å². The van der Waals surface area contributed by atoms with E-state index in [4.69, 9.17) is 4.74 Å². The number of esters is 1. The zero-order valence-electron chi connectivity index (χ0n) is 9.69. The van der Waals surface area contributed by atoms with Gasteiger partial charge in [0.1, 0.15) is 18.3 Å². The molecule has 0 spiro atoms. The fourth-order valence-corrected chi connectivity index (χ4v) is 1.36. The van der Waals surface area contributed by atoms with Gasteiger partial charge in [0, 0.05) is 132 Å². The van der Waals surface area contributed by atoms with Crippen LogP contribution < -0.4 is 0 Å². The van der Waals surface area contributed by atoms with Crippen molar-refractivity contribution in [1.82, 2.24) is 0 Å². The first-order valence-electron chi connectivity index (χ1n) is 4.26. The molecule has 0 bridgehead atoms. The first-order chi connectivity index (χ1) is 6.49. The van der Waals surface area contributed by atoms with Crippen LogP contribution in [0.15, 0.2) is 0 Å². The van der Waals surface area contributed by atoms with E-state index in [2.05, 4.69) is 4.74 Å². The minimum Gasteiger partial charge on any atom is -0.467 e. The van der Waals surface area contributed by atoms with Crippen LogP contribution in [0.3, 0.4) is 0 Å². The Balaban J connectivity index is -0.000000653. The number of hydrogen-bond donors (Lipinski definition) is 3. The molecule has 17 heavy (non-hydrogen) atoms. The molecule has 0 aromatic carbocycles. The maximum absolute atomic E-state index is 11.1. The van der Waals surface area contributed by atoms with Gasteiger partial charge in [0.25, 0.3) is 0 Å². The number of carbonyl (C=O) groups is 1. The van der Waals surface area contributed by atoms with E-state index in [0.29, 0.717) is 0 Å². The molecule has 1 aliphatic heterocycles. The number of aliphatic hydroxyl groups is 3. The molecule has 0 aromatic rings.